The first-order valence-corrected chi connectivity index (χ1v) is 9.64. The van der Waals surface area contributed by atoms with E-state index in [1.54, 1.807) is 24.3 Å². The first-order valence-electron chi connectivity index (χ1n) is 9.26. The fraction of sp³-hybridized carbons (Fsp3) is 0.0435. The molecule has 0 aliphatic rings. The normalized spacial score (nSPS) is 10.6. The molecule has 148 valence electrons. The molecular weight excluding hydrogens is 400 g/mol. The van der Waals surface area contributed by atoms with Crippen LogP contribution in [-0.2, 0) is 11.3 Å². The molecular formula is C23H17ClN4O2. The molecule has 30 heavy (non-hydrogen) atoms. The number of carbonyl (C=O) groups is 1. The molecule has 0 fully saturated rings. The summed E-state index contributed by atoms with van der Waals surface area (Å²) >= 11 is 6.09. The SMILES string of the molecule is O=C(Cn1nc(-c2ccccc2)c(-c2ccccc2)nc1=O)Nc1ccccc1Cl. The van der Waals surface area contributed by atoms with Gasteiger partial charge in [-0.25, -0.2) is 9.48 Å². The van der Waals surface area contributed by atoms with Crippen molar-refractivity contribution in [2.24, 2.45) is 0 Å². The van der Waals surface area contributed by atoms with Crippen molar-refractivity contribution in [2.45, 2.75) is 6.54 Å². The monoisotopic (exact) mass is 416 g/mol. The molecule has 0 radical (unpaired) electrons. The highest BCUT2D eigenvalue weighted by atomic mass is 35.5. The summed E-state index contributed by atoms with van der Waals surface area (Å²) in [5.41, 5.74) is 2.41. The third-order valence-electron chi connectivity index (χ3n) is 4.41. The molecule has 1 aromatic heterocycles. The number of halogens is 1. The van der Waals surface area contributed by atoms with E-state index < -0.39 is 11.6 Å². The quantitative estimate of drug-likeness (QED) is 0.527. The summed E-state index contributed by atoms with van der Waals surface area (Å²) in [5, 5.41) is 7.57. The van der Waals surface area contributed by atoms with Gasteiger partial charge in [0.05, 0.1) is 10.7 Å². The van der Waals surface area contributed by atoms with Gasteiger partial charge in [0.25, 0.3) is 0 Å². The van der Waals surface area contributed by atoms with Crippen LogP contribution in [0.2, 0.25) is 5.02 Å². The number of amides is 1. The molecule has 7 heteroatoms. The highest BCUT2D eigenvalue weighted by molar-refractivity contribution is 6.33. The lowest BCUT2D eigenvalue weighted by atomic mass is 10.0. The second-order valence-corrected chi connectivity index (χ2v) is 6.92. The fourth-order valence-electron chi connectivity index (χ4n) is 3.00. The van der Waals surface area contributed by atoms with Crippen LogP contribution in [0.4, 0.5) is 5.69 Å². The molecule has 3 aromatic carbocycles. The number of rotatable bonds is 5. The Hall–Kier alpha value is -3.77. The Bertz CT molecular complexity index is 1240. The van der Waals surface area contributed by atoms with E-state index in [9.17, 15) is 9.59 Å². The summed E-state index contributed by atoms with van der Waals surface area (Å²) in [6, 6.07) is 25.7. The molecule has 0 unspecified atom stereocenters. The van der Waals surface area contributed by atoms with Crippen molar-refractivity contribution in [3.63, 3.8) is 0 Å². The van der Waals surface area contributed by atoms with E-state index >= 15 is 0 Å². The van der Waals surface area contributed by atoms with E-state index in [1.807, 2.05) is 60.7 Å². The van der Waals surface area contributed by atoms with Crippen LogP contribution in [0.5, 0.6) is 0 Å². The van der Waals surface area contributed by atoms with Gasteiger partial charge < -0.3 is 5.32 Å². The van der Waals surface area contributed by atoms with Crippen molar-refractivity contribution < 1.29 is 4.79 Å². The van der Waals surface area contributed by atoms with Crippen LogP contribution in [0.25, 0.3) is 22.5 Å². The van der Waals surface area contributed by atoms with Crippen LogP contribution in [-0.4, -0.2) is 20.7 Å². The molecule has 1 heterocycles. The van der Waals surface area contributed by atoms with Gasteiger partial charge in [-0.05, 0) is 12.1 Å². The second-order valence-electron chi connectivity index (χ2n) is 6.51. The zero-order valence-corrected chi connectivity index (χ0v) is 16.6. The summed E-state index contributed by atoms with van der Waals surface area (Å²) in [6.45, 7) is -0.286. The van der Waals surface area contributed by atoms with E-state index in [-0.39, 0.29) is 6.54 Å². The summed E-state index contributed by atoms with van der Waals surface area (Å²) < 4.78 is 1.06. The Morgan fingerprint density at radius 2 is 1.40 bits per heavy atom. The Morgan fingerprint density at radius 3 is 2.03 bits per heavy atom. The number of nitrogens with zero attached hydrogens (tertiary/aromatic N) is 3. The molecule has 6 nitrogen and oxygen atoms in total. The minimum atomic E-state index is -0.608. The van der Waals surface area contributed by atoms with Crippen molar-refractivity contribution in [3.8, 4) is 22.5 Å². The van der Waals surface area contributed by atoms with Crippen molar-refractivity contribution in [1.82, 2.24) is 14.8 Å². The number of nitrogens with one attached hydrogen (secondary N) is 1. The molecule has 4 rings (SSSR count). The standard InChI is InChI=1S/C23H17ClN4O2/c24-18-13-7-8-14-19(18)25-20(29)15-28-23(30)26-21(16-9-3-1-4-10-16)22(27-28)17-11-5-2-6-12-17/h1-14H,15H2,(H,25,29). The lowest BCUT2D eigenvalue weighted by molar-refractivity contribution is -0.117. The number of benzene rings is 3. The molecule has 0 bridgehead atoms. The Kier molecular flexibility index (Phi) is 5.68. The molecule has 1 N–H and O–H groups in total. The summed E-state index contributed by atoms with van der Waals surface area (Å²) in [4.78, 5) is 29.4. The van der Waals surface area contributed by atoms with Gasteiger partial charge in [0.1, 0.15) is 17.9 Å². The van der Waals surface area contributed by atoms with Crippen LogP contribution < -0.4 is 11.0 Å². The third-order valence-corrected chi connectivity index (χ3v) is 4.74. The van der Waals surface area contributed by atoms with Crippen molar-refractivity contribution in [1.29, 1.82) is 0 Å². The van der Waals surface area contributed by atoms with Crippen LogP contribution in [0, 0.1) is 0 Å². The number of carbonyl (C=O) groups excluding carboxylic acids is 1. The van der Waals surface area contributed by atoms with Gasteiger partial charge in [-0.15, -0.1) is 0 Å². The van der Waals surface area contributed by atoms with Crippen LogP contribution >= 0.6 is 11.6 Å². The molecule has 4 aromatic rings. The zero-order chi connectivity index (χ0) is 20.9. The molecule has 0 saturated heterocycles. The topological polar surface area (TPSA) is 76.9 Å². The Morgan fingerprint density at radius 1 is 0.833 bits per heavy atom. The van der Waals surface area contributed by atoms with E-state index in [0.717, 1.165) is 15.8 Å². The highest BCUT2D eigenvalue weighted by Gasteiger charge is 2.16. The molecule has 0 aliphatic heterocycles. The minimum absolute atomic E-state index is 0.286. The zero-order valence-electron chi connectivity index (χ0n) is 15.8. The van der Waals surface area contributed by atoms with Gasteiger partial charge in [0.15, 0.2) is 0 Å². The number of aromatic nitrogens is 3. The molecule has 0 atom stereocenters. The fourth-order valence-corrected chi connectivity index (χ4v) is 3.18. The summed E-state index contributed by atoms with van der Waals surface area (Å²) in [5.74, 6) is -0.425. The van der Waals surface area contributed by atoms with Gasteiger partial charge in [-0.3, -0.25) is 4.79 Å². The van der Waals surface area contributed by atoms with E-state index in [1.165, 1.54) is 0 Å². The van der Waals surface area contributed by atoms with E-state index in [4.69, 9.17) is 11.6 Å². The molecule has 0 spiro atoms. The number of hydrogen-bond donors (Lipinski definition) is 1. The number of para-hydroxylation sites is 1. The molecule has 0 saturated carbocycles. The predicted octanol–water partition coefficient (Wildman–Crippen LogP) is 4.26. The van der Waals surface area contributed by atoms with Crippen LogP contribution in [0.3, 0.4) is 0 Å². The first kappa shape index (κ1) is 19.5. The van der Waals surface area contributed by atoms with Crippen molar-refractivity contribution in [2.75, 3.05) is 5.32 Å². The smallest absolute Gasteiger partial charge is 0.323 e. The molecule has 0 aliphatic carbocycles. The predicted molar refractivity (Wildman–Crippen MR) is 117 cm³/mol. The molecule has 1 amide bonds. The third kappa shape index (κ3) is 4.29. The van der Waals surface area contributed by atoms with Crippen molar-refractivity contribution >= 4 is 23.2 Å². The lowest BCUT2D eigenvalue weighted by Crippen LogP contribution is -2.32. The number of hydrogen-bond acceptors (Lipinski definition) is 4. The number of anilines is 1. The highest BCUT2D eigenvalue weighted by Crippen LogP contribution is 2.27. The average molecular weight is 417 g/mol. The maximum Gasteiger partial charge on any atom is 0.365 e. The van der Waals surface area contributed by atoms with Gasteiger partial charge >= 0.3 is 5.69 Å². The average Bonchev–Trinajstić information content (AvgIpc) is 2.78. The first-order chi connectivity index (χ1) is 14.6. The van der Waals surface area contributed by atoms with Gasteiger partial charge in [-0.2, -0.15) is 10.1 Å². The summed E-state index contributed by atoms with van der Waals surface area (Å²) in [7, 11) is 0. The maximum atomic E-state index is 12.6. The Balaban J connectivity index is 1.72. The van der Waals surface area contributed by atoms with E-state index in [2.05, 4.69) is 15.4 Å². The lowest BCUT2D eigenvalue weighted by Gasteiger charge is -2.12. The largest absolute Gasteiger partial charge is 0.365 e. The maximum absolute atomic E-state index is 12.6. The summed E-state index contributed by atoms with van der Waals surface area (Å²) in [6.07, 6.45) is 0. The Labute approximate surface area is 177 Å². The van der Waals surface area contributed by atoms with E-state index in [0.29, 0.717) is 22.1 Å². The van der Waals surface area contributed by atoms with Crippen LogP contribution in [0.15, 0.2) is 89.7 Å². The van der Waals surface area contributed by atoms with Crippen molar-refractivity contribution in [3.05, 3.63) is 100 Å². The minimum Gasteiger partial charge on any atom is -0.323 e. The van der Waals surface area contributed by atoms with Gasteiger partial charge in [0, 0.05) is 11.1 Å². The second kappa shape index (κ2) is 8.71. The van der Waals surface area contributed by atoms with Gasteiger partial charge in [0.2, 0.25) is 5.91 Å². The van der Waals surface area contributed by atoms with Gasteiger partial charge in [-0.1, -0.05) is 84.4 Å². The van der Waals surface area contributed by atoms with Crippen LogP contribution in [0.1, 0.15) is 0 Å².